The number of hydrogen-bond acceptors (Lipinski definition) is 5. The lowest BCUT2D eigenvalue weighted by Crippen LogP contribution is -2.55. The molecule has 3 aromatic heterocycles. The Bertz CT molecular complexity index is 1400. The molecular weight excluding hydrogens is 418 g/mol. The van der Waals surface area contributed by atoms with Gasteiger partial charge in [-0.05, 0) is 44.9 Å². The van der Waals surface area contributed by atoms with Crippen LogP contribution < -0.4 is 10.5 Å². The summed E-state index contributed by atoms with van der Waals surface area (Å²) in [7, 11) is 0. The minimum atomic E-state index is -0.639. The Morgan fingerprint density at radius 2 is 2.00 bits per heavy atom. The Morgan fingerprint density at radius 1 is 1.18 bits per heavy atom. The zero-order valence-electron chi connectivity index (χ0n) is 19.5. The number of benzene rings is 1. The fourth-order valence-electron chi connectivity index (χ4n) is 5.02. The van der Waals surface area contributed by atoms with Crippen molar-refractivity contribution in [2.24, 2.45) is 0 Å². The lowest BCUT2D eigenvalue weighted by molar-refractivity contribution is -0.136. The summed E-state index contributed by atoms with van der Waals surface area (Å²) < 4.78 is 8.63. The van der Waals surface area contributed by atoms with Gasteiger partial charge in [0.15, 0.2) is 5.58 Å². The molecule has 0 unspecified atom stereocenters. The molecule has 1 aromatic carbocycles. The maximum atomic E-state index is 13.6. The molecule has 0 saturated carbocycles. The molecule has 8 nitrogen and oxygen atoms in total. The smallest absolute Gasteiger partial charge is 0.291 e. The maximum Gasteiger partial charge on any atom is 0.291 e. The Labute approximate surface area is 192 Å². The second-order valence-corrected chi connectivity index (χ2v) is 8.92. The van der Waals surface area contributed by atoms with Gasteiger partial charge >= 0.3 is 0 Å². The van der Waals surface area contributed by atoms with Crippen molar-refractivity contribution in [1.82, 2.24) is 19.1 Å². The molecule has 4 aromatic rings. The van der Waals surface area contributed by atoms with Gasteiger partial charge in [0.1, 0.15) is 17.4 Å². The average Bonchev–Trinajstić information content (AvgIpc) is 3.39. The van der Waals surface area contributed by atoms with Crippen LogP contribution in [-0.4, -0.2) is 50.7 Å². The summed E-state index contributed by atoms with van der Waals surface area (Å²) >= 11 is 0. The van der Waals surface area contributed by atoms with E-state index < -0.39 is 6.04 Å². The first-order valence-electron chi connectivity index (χ1n) is 11.5. The number of fused-ring (bicyclic) bond motifs is 3. The number of aromatic nitrogens is 3. The first kappa shape index (κ1) is 21.3. The van der Waals surface area contributed by atoms with Crippen LogP contribution in [0.5, 0.6) is 0 Å². The van der Waals surface area contributed by atoms with Crippen molar-refractivity contribution in [2.45, 2.75) is 46.2 Å². The van der Waals surface area contributed by atoms with E-state index in [1.165, 1.54) is 15.9 Å². The Hall–Kier alpha value is -3.55. The zero-order valence-corrected chi connectivity index (χ0v) is 19.5. The van der Waals surface area contributed by atoms with Crippen molar-refractivity contribution < 1.29 is 9.21 Å². The average molecular weight is 448 g/mol. The van der Waals surface area contributed by atoms with E-state index in [0.29, 0.717) is 36.4 Å². The van der Waals surface area contributed by atoms with Gasteiger partial charge in [-0.2, -0.15) is 5.10 Å². The first-order chi connectivity index (χ1) is 15.9. The standard InChI is InChI=1S/C25H29N5O3/c1-5-20(30-25(32)22-14-23-21(9-12-33-23)29(22)18(4)26-30)24(31)27-10-11-28(17(3)15-27)19-8-6-7-16(2)13-19/h6-9,12-14,17,20H,5,10-11,15H2,1-4H3/t17-,20-/m1/s1. The number of furan rings is 1. The molecule has 0 bridgehead atoms. The normalized spacial score (nSPS) is 17.8. The van der Waals surface area contributed by atoms with Crippen LogP contribution in [0.2, 0.25) is 0 Å². The summed E-state index contributed by atoms with van der Waals surface area (Å²) in [5, 5.41) is 4.55. The predicted octanol–water partition coefficient (Wildman–Crippen LogP) is 3.55. The van der Waals surface area contributed by atoms with E-state index in [9.17, 15) is 9.59 Å². The van der Waals surface area contributed by atoms with Crippen molar-refractivity contribution in [3.05, 3.63) is 64.4 Å². The fraction of sp³-hybridized carbons (Fsp3) is 0.400. The second kappa shape index (κ2) is 8.10. The number of carbonyl (C=O) groups excluding carboxylic acids is 1. The molecule has 33 heavy (non-hydrogen) atoms. The number of hydrogen-bond donors (Lipinski definition) is 0. The van der Waals surface area contributed by atoms with Gasteiger partial charge in [-0.1, -0.05) is 19.1 Å². The molecule has 8 heteroatoms. The third kappa shape index (κ3) is 3.50. The molecule has 1 aliphatic heterocycles. The quantitative estimate of drug-likeness (QED) is 0.478. The molecule has 0 spiro atoms. The minimum absolute atomic E-state index is 0.0539. The number of nitrogens with zero attached hydrogens (tertiary/aromatic N) is 5. The van der Waals surface area contributed by atoms with E-state index in [4.69, 9.17) is 4.42 Å². The third-order valence-corrected chi connectivity index (χ3v) is 6.67. The lowest BCUT2D eigenvalue weighted by Gasteiger charge is -2.42. The van der Waals surface area contributed by atoms with Crippen LogP contribution in [0.4, 0.5) is 5.69 Å². The van der Waals surface area contributed by atoms with Gasteiger partial charge in [0.25, 0.3) is 5.56 Å². The molecule has 172 valence electrons. The van der Waals surface area contributed by atoms with Crippen molar-refractivity contribution in [2.75, 3.05) is 24.5 Å². The van der Waals surface area contributed by atoms with Crippen LogP contribution in [0.25, 0.3) is 16.6 Å². The number of rotatable bonds is 4. The zero-order chi connectivity index (χ0) is 23.3. The van der Waals surface area contributed by atoms with Crippen molar-refractivity contribution in [3.8, 4) is 0 Å². The highest BCUT2D eigenvalue weighted by molar-refractivity contribution is 5.83. The molecule has 5 rings (SSSR count). The van der Waals surface area contributed by atoms with Crippen LogP contribution in [0.15, 0.2) is 51.9 Å². The lowest BCUT2D eigenvalue weighted by atomic mass is 10.1. The van der Waals surface area contributed by atoms with Crippen LogP contribution in [0.1, 0.15) is 37.7 Å². The number of anilines is 1. The van der Waals surface area contributed by atoms with E-state index in [0.717, 1.165) is 12.1 Å². The first-order valence-corrected chi connectivity index (χ1v) is 11.5. The van der Waals surface area contributed by atoms with Gasteiger partial charge in [-0.25, -0.2) is 4.68 Å². The summed E-state index contributed by atoms with van der Waals surface area (Å²) in [6.07, 6.45) is 2.09. The van der Waals surface area contributed by atoms with Crippen LogP contribution in [0.3, 0.4) is 0 Å². The van der Waals surface area contributed by atoms with E-state index in [1.807, 2.05) is 24.8 Å². The summed E-state index contributed by atoms with van der Waals surface area (Å²) in [4.78, 5) is 31.1. The molecule has 1 aliphatic rings. The number of carbonyl (C=O) groups is 1. The van der Waals surface area contributed by atoms with Gasteiger partial charge in [0.05, 0.1) is 11.8 Å². The highest BCUT2D eigenvalue weighted by atomic mass is 16.3. The second-order valence-electron chi connectivity index (χ2n) is 8.92. The van der Waals surface area contributed by atoms with E-state index in [-0.39, 0.29) is 17.5 Å². The maximum absolute atomic E-state index is 13.6. The Kier molecular flexibility index (Phi) is 5.23. The molecule has 4 heterocycles. The van der Waals surface area contributed by atoms with Crippen molar-refractivity contribution in [3.63, 3.8) is 0 Å². The summed E-state index contributed by atoms with van der Waals surface area (Å²) in [6, 6.07) is 11.5. The van der Waals surface area contributed by atoms with E-state index in [2.05, 4.69) is 48.1 Å². The van der Waals surface area contributed by atoms with Gasteiger partial charge < -0.3 is 14.2 Å². The van der Waals surface area contributed by atoms with Crippen LogP contribution in [0, 0.1) is 13.8 Å². The van der Waals surface area contributed by atoms with Gasteiger partial charge in [-0.3, -0.25) is 14.0 Å². The Morgan fingerprint density at radius 3 is 2.73 bits per heavy atom. The summed E-state index contributed by atoms with van der Waals surface area (Å²) in [5.41, 5.74) is 4.03. The molecule has 2 atom stereocenters. The van der Waals surface area contributed by atoms with Crippen LogP contribution >= 0.6 is 0 Å². The highest BCUT2D eigenvalue weighted by Crippen LogP contribution is 2.25. The molecular formula is C25H29N5O3. The number of piperazine rings is 1. The van der Waals surface area contributed by atoms with E-state index >= 15 is 0 Å². The monoisotopic (exact) mass is 447 g/mol. The van der Waals surface area contributed by atoms with Gasteiger partial charge in [0.2, 0.25) is 5.91 Å². The highest BCUT2D eigenvalue weighted by Gasteiger charge is 2.32. The molecule has 0 radical (unpaired) electrons. The largest absolute Gasteiger partial charge is 0.463 e. The molecule has 1 saturated heterocycles. The van der Waals surface area contributed by atoms with Crippen LogP contribution in [-0.2, 0) is 4.79 Å². The van der Waals surface area contributed by atoms with Crippen molar-refractivity contribution in [1.29, 1.82) is 0 Å². The van der Waals surface area contributed by atoms with Crippen molar-refractivity contribution >= 4 is 28.2 Å². The topological polar surface area (TPSA) is 76.0 Å². The summed E-state index contributed by atoms with van der Waals surface area (Å²) in [5.74, 6) is 0.590. The third-order valence-electron chi connectivity index (χ3n) is 6.67. The summed E-state index contributed by atoms with van der Waals surface area (Å²) in [6.45, 7) is 9.97. The predicted molar refractivity (Wildman–Crippen MR) is 128 cm³/mol. The molecule has 0 N–H and O–H groups in total. The SMILES string of the molecule is CC[C@H](C(=O)N1CCN(c2cccc(C)c2)[C@H](C)C1)n1nc(C)n2c(cc3occc32)c1=O. The van der Waals surface area contributed by atoms with E-state index in [1.54, 1.807) is 16.7 Å². The minimum Gasteiger partial charge on any atom is -0.463 e. The number of amides is 1. The molecule has 1 fully saturated rings. The molecule has 0 aliphatic carbocycles. The fourth-order valence-corrected chi connectivity index (χ4v) is 5.02. The number of aryl methyl sites for hydroxylation is 2. The Balaban J connectivity index is 1.43. The van der Waals surface area contributed by atoms with Gasteiger partial charge in [-0.15, -0.1) is 0 Å². The molecule has 1 amide bonds. The van der Waals surface area contributed by atoms with Gasteiger partial charge in [0, 0.05) is 43.5 Å².